The van der Waals surface area contributed by atoms with Crippen LogP contribution < -0.4 is 4.90 Å². The van der Waals surface area contributed by atoms with Crippen molar-refractivity contribution in [2.45, 2.75) is 52.4 Å². The molecule has 0 aromatic carbocycles. The van der Waals surface area contributed by atoms with Crippen LogP contribution >= 0.6 is 0 Å². The topological polar surface area (TPSA) is 53.4 Å². The van der Waals surface area contributed by atoms with Gasteiger partial charge in [0.25, 0.3) is 0 Å². The van der Waals surface area contributed by atoms with Gasteiger partial charge in [-0.3, -0.25) is 0 Å². The summed E-state index contributed by atoms with van der Waals surface area (Å²) in [5, 5.41) is 9.25. The summed E-state index contributed by atoms with van der Waals surface area (Å²) in [6.45, 7) is 6.23. The first-order chi connectivity index (χ1) is 10.1. The first kappa shape index (κ1) is 15.8. The van der Waals surface area contributed by atoms with E-state index in [1.165, 1.54) is 32.1 Å². The minimum Gasteiger partial charge on any atom is -0.478 e. The van der Waals surface area contributed by atoms with Crippen molar-refractivity contribution < 1.29 is 9.90 Å². The lowest BCUT2D eigenvalue weighted by molar-refractivity contribution is 0.0696. The fraction of sp³-hybridized carbons (Fsp3) is 0.647. The zero-order chi connectivity index (χ0) is 15.2. The highest BCUT2D eigenvalue weighted by Crippen LogP contribution is 2.25. The van der Waals surface area contributed by atoms with Crippen LogP contribution in [0.1, 0.15) is 62.0 Å². The minimum absolute atomic E-state index is 0.353. The van der Waals surface area contributed by atoms with Crippen LogP contribution in [0.2, 0.25) is 0 Å². The molecule has 1 aromatic rings. The average molecular weight is 290 g/mol. The smallest absolute Gasteiger partial charge is 0.335 e. The highest BCUT2D eigenvalue weighted by atomic mass is 16.4. The van der Waals surface area contributed by atoms with Gasteiger partial charge in [0, 0.05) is 18.8 Å². The Morgan fingerprint density at radius 1 is 1.33 bits per heavy atom. The number of hydrogen-bond acceptors (Lipinski definition) is 3. The number of carboxylic acids is 1. The molecular weight excluding hydrogens is 264 g/mol. The number of hydrogen-bond donors (Lipinski definition) is 1. The summed E-state index contributed by atoms with van der Waals surface area (Å²) >= 11 is 0. The SMILES string of the molecule is CCCC1CCCN(c2cc(C(=O)O)cc(CC)n2)CC1. The van der Waals surface area contributed by atoms with E-state index in [-0.39, 0.29) is 0 Å². The van der Waals surface area contributed by atoms with Crippen molar-refractivity contribution in [2.24, 2.45) is 5.92 Å². The Hall–Kier alpha value is -1.58. The van der Waals surface area contributed by atoms with Gasteiger partial charge in [0.15, 0.2) is 0 Å². The Labute approximate surface area is 127 Å². The molecule has 0 radical (unpaired) electrons. The van der Waals surface area contributed by atoms with Gasteiger partial charge in [0.2, 0.25) is 0 Å². The van der Waals surface area contributed by atoms with Crippen LogP contribution in [0.15, 0.2) is 12.1 Å². The molecule has 4 nitrogen and oxygen atoms in total. The van der Waals surface area contributed by atoms with E-state index in [4.69, 9.17) is 0 Å². The van der Waals surface area contributed by atoms with Gasteiger partial charge in [-0.1, -0.05) is 26.7 Å². The van der Waals surface area contributed by atoms with Crippen LogP contribution in [0, 0.1) is 5.92 Å². The van der Waals surface area contributed by atoms with Gasteiger partial charge in [-0.2, -0.15) is 0 Å². The van der Waals surface area contributed by atoms with Crippen molar-refractivity contribution in [2.75, 3.05) is 18.0 Å². The monoisotopic (exact) mass is 290 g/mol. The largest absolute Gasteiger partial charge is 0.478 e. The van der Waals surface area contributed by atoms with Gasteiger partial charge in [-0.05, 0) is 43.7 Å². The van der Waals surface area contributed by atoms with E-state index in [9.17, 15) is 9.90 Å². The maximum Gasteiger partial charge on any atom is 0.335 e. The zero-order valence-corrected chi connectivity index (χ0v) is 13.1. The van der Waals surface area contributed by atoms with Crippen LogP contribution in [0.5, 0.6) is 0 Å². The number of anilines is 1. The molecule has 1 unspecified atom stereocenters. The molecule has 1 aliphatic rings. The molecule has 0 saturated carbocycles. The number of aromatic carboxylic acids is 1. The molecule has 0 amide bonds. The second-order valence-corrected chi connectivity index (χ2v) is 5.94. The predicted octanol–water partition coefficient (Wildman–Crippen LogP) is 3.75. The second-order valence-electron chi connectivity index (χ2n) is 5.94. The summed E-state index contributed by atoms with van der Waals surface area (Å²) in [6.07, 6.45) is 6.96. The molecule has 116 valence electrons. The number of nitrogens with zero attached hydrogens (tertiary/aromatic N) is 2. The zero-order valence-electron chi connectivity index (χ0n) is 13.1. The third kappa shape index (κ3) is 4.19. The molecular formula is C17H26N2O2. The first-order valence-electron chi connectivity index (χ1n) is 8.13. The van der Waals surface area contributed by atoms with Crippen molar-refractivity contribution in [1.29, 1.82) is 0 Å². The Balaban J connectivity index is 2.16. The van der Waals surface area contributed by atoms with Crippen LogP contribution in [0.25, 0.3) is 0 Å². The number of rotatable bonds is 5. The standard InChI is InChI=1S/C17H26N2O2/c1-3-6-13-7-5-9-19(10-8-13)16-12-14(17(20)21)11-15(4-2)18-16/h11-13H,3-10H2,1-2H3,(H,20,21). The van der Waals surface area contributed by atoms with Gasteiger partial charge in [0.05, 0.1) is 5.56 Å². The molecule has 0 aliphatic carbocycles. The molecule has 0 bridgehead atoms. The Morgan fingerprint density at radius 2 is 2.14 bits per heavy atom. The molecule has 0 spiro atoms. The van der Waals surface area contributed by atoms with Crippen molar-refractivity contribution in [3.05, 3.63) is 23.4 Å². The molecule has 1 aromatic heterocycles. The number of carbonyl (C=O) groups is 1. The van der Waals surface area contributed by atoms with Crippen LogP contribution in [0.3, 0.4) is 0 Å². The van der Waals surface area contributed by atoms with Gasteiger partial charge >= 0.3 is 5.97 Å². The van der Waals surface area contributed by atoms with Crippen molar-refractivity contribution in [3.8, 4) is 0 Å². The molecule has 1 atom stereocenters. The van der Waals surface area contributed by atoms with Crippen LogP contribution in [-0.2, 0) is 6.42 Å². The summed E-state index contributed by atoms with van der Waals surface area (Å²) < 4.78 is 0. The molecule has 2 heterocycles. The Kier molecular flexibility index (Phi) is 5.59. The normalized spacial score (nSPS) is 19.3. The van der Waals surface area contributed by atoms with Gasteiger partial charge < -0.3 is 10.0 Å². The quantitative estimate of drug-likeness (QED) is 0.897. The van der Waals surface area contributed by atoms with E-state index in [1.54, 1.807) is 12.1 Å². The Morgan fingerprint density at radius 3 is 2.81 bits per heavy atom. The highest BCUT2D eigenvalue weighted by molar-refractivity contribution is 5.88. The van der Waals surface area contributed by atoms with E-state index in [1.807, 2.05) is 6.92 Å². The fourth-order valence-electron chi connectivity index (χ4n) is 3.13. The highest BCUT2D eigenvalue weighted by Gasteiger charge is 2.19. The maximum absolute atomic E-state index is 11.3. The van der Waals surface area contributed by atoms with Crippen LogP contribution in [0.4, 0.5) is 5.82 Å². The lowest BCUT2D eigenvalue weighted by Crippen LogP contribution is -2.26. The molecule has 1 fully saturated rings. The fourth-order valence-corrected chi connectivity index (χ4v) is 3.13. The van der Waals surface area contributed by atoms with Gasteiger partial charge in [0.1, 0.15) is 5.82 Å². The van der Waals surface area contributed by atoms with Crippen LogP contribution in [-0.4, -0.2) is 29.1 Å². The van der Waals surface area contributed by atoms with Crippen molar-refractivity contribution in [1.82, 2.24) is 4.98 Å². The summed E-state index contributed by atoms with van der Waals surface area (Å²) in [6, 6.07) is 3.41. The maximum atomic E-state index is 11.3. The molecule has 1 saturated heterocycles. The van der Waals surface area contributed by atoms with E-state index in [2.05, 4.69) is 16.8 Å². The third-order valence-electron chi connectivity index (χ3n) is 4.34. The number of pyridine rings is 1. The molecule has 1 N–H and O–H groups in total. The Bertz CT molecular complexity index is 488. The number of carboxylic acid groups (broad SMARTS) is 1. The molecule has 4 heteroatoms. The van der Waals surface area contributed by atoms with E-state index in [0.717, 1.165) is 36.9 Å². The lowest BCUT2D eigenvalue weighted by Gasteiger charge is -2.22. The lowest BCUT2D eigenvalue weighted by atomic mass is 9.96. The second kappa shape index (κ2) is 7.43. The third-order valence-corrected chi connectivity index (χ3v) is 4.34. The molecule has 21 heavy (non-hydrogen) atoms. The molecule has 1 aliphatic heterocycles. The minimum atomic E-state index is -0.868. The van der Waals surface area contributed by atoms with Gasteiger partial charge in [-0.15, -0.1) is 0 Å². The van der Waals surface area contributed by atoms with Crippen molar-refractivity contribution >= 4 is 11.8 Å². The predicted molar refractivity (Wildman–Crippen MR) is 85.0 cm³/mol. The number of aromatic nitrogens is 1. The summed E-state index contributed by atoms with van der Waals surface area (Å²) in [4.78, 5) is 18.2. The van der Waals surface area contributed by atoms with E-state index in [0.29, 0.717) is 5.56 Å². The summed E-state index contributed by atoms with van der Waals surface area (Å²) in [5.74, 6) is 0.782. The number of aryl methyl sites for hydroxylation is 1. The molecule has 2 rings (SSSR count). The van der Waals surface area contributed by atoms with Crippen molar-refractivity contribution in [3.63, 3.8) is 0 Å². The first-order valence-corrected chi connectivity index (χ1v) is 8.13. The van der Waals surface area contributed by atoms with E-state index >= 15 is 0 Å². The summed E-state index contributed by atoms with van der Waals surface area (Å²) in [5.41, 5.74) is 1.21. The van der Waals surface area contributed by atoms with E-state index < -0.39 is 5.97 Å². The average Bonchev–Trinajstić information content (AvgIpc) is 2.73. The summed E-state index contributed by atoms with van der Waals surface area (Å²) in [7, 11) is 0. The van der Waals surface area contributed by atoms with Gasteiger partial charge in [-0.25, -0.2) is 9.78 Å².